The van der Waals surface area contributed by atoms with E-state index in [2.05, 4.69) is 13.8 Å². The van der Waals surface area contributed by atoms with Crippen molar-refractivity contribution in [1.29, 1.82) is 0 Å². The molecule has 1 heterocycles. The molecule has 0 atom stereocenters. The number of hydrogen-bond acceptors (Lipinski definition) is 5. The molecule has 2 rings (SSSR count). The van der Waals surface area contributed by atoms with E-state index in [0.717, 1.165) is 5.75 Å². The lowest BCUT2D eigenvalue weighted by Gasteiger charge is -2.35. The predicted molar refractivity (Wildman–Crippen MR) is 101 cm³/mol. The van der Waals surface area contributed by atoms with Crippen molar-refractivity contribution in [3.63, 3.8) is 0 Å². The summed E-state index contributed by atoms with van der Waals surface area (Å²) in [7, 11) is -3.86. The van der Waals surface area contributed by atoms with Gasteiger partial charge in [0.2, 0.25) is 10.0 Å². The number of carbonyl (C=O) groups excluding carboxylic acids is 1. The fraction of sp³-hybridized carbons (Fsp3) is 0.611. The van der Waals surface area contributed by atoms with Crippen molar-refractivity contribution in [3.8, 4) is 5.75 Å². The summed E-state index contributed by atoms with van der Waals surface area (Å²) in [5, 5.41) is 8.74. The van der Waals surface area contributed by atoms with Crippen LogP contribution in [0.2, 0.25) is 0 Å². The van der Waals surface area contributed by atoms with E-state index in [9.17, 15) is 13.2 Å². The van der Waals surface area contributed by atoms with Crippen LogP contribution in [-0.4, -0.2) is 47.8 Å². The van der Waals surface area contributed by atoms with Crippen LogP contribution < -0.4 is 10.2 Å². The third-order valence-electron chi connectivity index (χ3n) is 4.08. The molecule has 0 spiro atoms. The maximum absolute atomic E-state index is 12.6. The highest BCUT2D eigenvalue weighted by molar-refractivity contribution is 7.91. The molecule has 148 valence electrons. The quantitative estimate of drug-likeness (QED) is 0.599. The largest absolute Gasteiger partial charge is 0.490 e. The topological polar surface area (TPSA) is 95.9 Å². The molecule has 7 nitrogen and oxygen atoms in total. The van der Waals surface area contributed by atoms with E-state index in [1.807, 2.05) is 30.3 Å². The summed E-state index contributed by atoms with van der Waals surface area (Å²) in [6, 6.07) is 9.38. The van der Waals surface area contributed by atoms with Crippen molar-refractivity contribution in [2.75, 3.05) is 13.1 Å². The SMILES string of the molecule is CC(C)(C(=O)NO)S(=O)(=O)N1CCC(Oc2ccccc2)CC1.CCC. The molecule has 1 aromatic rings. The molecule has 1 aromatic carbocycles. The third kappa shape index (κ3) is 5.43. The van der Waals surface area contributed by atoms with Gasteiger partial charge in [-0.25, -0.2) is 18.2 Å². The summed E-state index contributed by atoms with van der Waals surface area (Å²) in [5.41, 5.74) is 1.42. The zero-order valence-electron chi connectivity index (χ0n) is 15.9. The number of rotatable bonds is 5. The van der Waals surface area contributed by atoms with Crippen molar-refractivity contribution in [2.24, 2.45) is 0 Å². The van der Waals surface area contributed by atoms with Gasteiger partial charge in [0.1, 0.15) is 11.9 Å². The summed E-state index contributed by atoms with van der Waals surface area (Å²) in [6.07, 6.45) is 2.29. The monoisotopic (exact) mass is 386 g/mol. The first-order valence-corrected chi connectivity index (χ1v) is 10.3. The second kappa shape index (κ2) is 9.89. The number of hydroxylamine groups is 1. The summed E-state index contributed by atoms with van der Waals surface area (Å²) in [6.45, 7) is 7.37. The average molecular weight is 387 g/mol. The molecule has 8 heteroatoms. The number of benzene rings is 1. The highest BCUT2D eigenvalue weighted by Crippen LogP contribution is 2.26. The minimum atomic E-state index is -3.86. The average Bonchev–Trinajstić information content (AvgIpc) is 2.62. The van der Waals surface area contributed by atoms with Crippen LogP contribution in [0.25, 0.3) is 0 Å². The Morgan fingerprint density at radius 1 is 1.23 bits per heavy atom. The number of hydrogen-bond donors (Lipinski definition) is 2. The van der Waals surface area contributed by atoms with Gasteiger partial charge < -0.3 is 4.74 Å². The van der Waals surface area contributed by atoms with Crippen LogP contribution in [0.15, 0.2) is 30.3 Å². The molecule has 2 N–H and O–H groups in total. The van der Waals surface area contributed by atoms with Gasteiger partial charge in [-0.15, -0.1) is 0 Å². The number of carbonyl (C=O) groups is 1. The second-order valence-corrected chi connectivity index (χ2v) is 9.18. The van der Waals surface area contributed by atoms with Gasteiger partial charge in [-0.3, -0.25) is 10.0 Å². The molecule has 1 saturated heterocycles. The maximum atomic E-state index is 12.6. The second-order valence-electron chi connectivity index (χ2n) is 6.69. The number of ether oxygens (including phenoxy) is 1. The molecule has 1 fully saturated rings. The lowest BCUT2D eigenvalue weighted by atomic mass is 10.1. The highest BCUT2D eigenvalue weighted by Gasteiger charge is 2.46. The van der Waals surface area contributed by atoms with Gasteiger partial charge in [-0.05, 0) is 38.8 Å². The Labute approximate surface area is 156 Å². The van der Waals surface area contributed by atoms with Crippen LogP contribution in [0.4, 0.5) is 0 Å². The van der Waals surface area contributed by atoms with E-state index in [1.165, 1.54) is 30.1 Å². The molecule has 1 aliphatic rings. The van der Waals surface area contributed by atoms with E-state index >= 15 is 0 Å². The standard InChI is InChI=1S/C15H22N2O5S.C3H8/c1-15(2,14(18)16-19)23(20,21)17-10-8-13(9-11-17)22-12-6-4-3-5-7-12;1-3-2/h3-7,13,19H,8-11H2,1-2H3,(H,16,18);3H2,1-2H3. The van der Waals surface area contributed by atoms with E-state index in [1.54, 1.807) is 0 Å². The minimum absolute atomic E-state index is 0.0568. The molecule has 0 aromatic heterocycles. The van der Waals surface area contributed by atoms with Crippen molar-refractivity contribution in [3.05, 3.63) is 30.3 Å². The number of nitrogens with one attached hydrogen (secondary N) is 1. The fourth-order valence-electron chi connectivity index (χ4n) is 2.46. The van der Waals surface area contributed by atoms with Gasteiger partial charge >= 0.3 is 0 Å². The van der Waals surface area contributed by atoms with Crippen molar-refractivity contribution in [1.82, 2.24) is 9.79 Å². The van der Waals surface area contributed by atoms with Gasteiger partial charge in [-0.1, -0.05) is 38.5 Å². The smallest absolute Gasteiger partial charge is 0.265 e. The number of amides is 1. The zero-order chi connectivity index (χ0) is 19.8. The Bertz CT molecular complexity index is 653. The van der Waals surface area contributed by atoms with Crippen molar-refractivity contribution >= 4 is 15.9 Å². The summed E-state index contributed by atoms with van der Waals surface area (Å²) in [5.74, 6) is -0.186. The van der Waals surface area contributed by atoms with Crippen LogP contribution in [-0.2, 0) is 14.8 Å². The first kappa shape index (κ1) is 22.4. The van der Waals surface area contributed by atoms with Gasteiger partial charge in [0.15, 0.2) is 4.75 Å². The molecule has 0 unspecified atom stereocenters. The lowest BCUT2D eigenvalue weighted by molar-refractivity contribution is -0.131. The molecular formula is C18H30N2O5S. The molecule has 1 aliphatic heterocycles. The molecule has 0 aliphatic carbocycles. The Morgan fingerprint density at radius 3 is 2.19 bits per heavy atom. The van der Waals surface area contributed by atoms with Gasteiger partial charge in [-0.2, -0.15) is 0 Å². The highest BCUT2D eigenvalue weighted by atomic mass is 32.2. The van der Waals surface area contributed by atoms with Gasteiger partial charge in [0.05, 0.1) is 0 Å². The normalized spacial score (nSPS) is 16.3. The van der Waals surface area contributed by atoms with Crippen LogP contribution in [0.5, 0.6) is 5.75 Å². The first-order chi connectivity index (χ1) is 12.2. The van der Waals surface area contributed by atoms with Crippen molar-refractivity contribution in [2.45, 2.75) is 57.8 Å². The summed E-state index contributed by atoms with van der Waals surface area (Å²) in [4.78, 5) is 11.6. The van der Waals surface area contributed by atoms with Crippen molar-refractivity contribution < 1.29 is 23.2 Å². The Kier molecular flexibility index (Phi) is 8.52. The number of para-hydroxylation sites is 1. The number of sulfonamides is 1. The Hall–Kier alpha value is -1.64. The third-order valence-corrected chi connectivity index (χ3v) is 6.60. The fourth-order valence-corrected chi connectivity index (χ4v) is 4.07. The first-order valence-electron chi connectivity index (χ1n) is 8.86. The van der Waals surface area contributed by atoms with E-state index in [-0.39, 0.29) is 19.2 Å². The summed E-state index contributed by atoms with van der Waals surface area (Å²) < 4.78 is 30.6. The number of nitrogens with zero attached hydrogens (tertiary/aromatic N) is 1. The van der Waals surface area contributed by atoms with Crippen LogP contribution >= 0.6 is 0 Å². The zero-order valence-corrected chi connectivity index (χ0v) is 16.8. The van der Waals surface area contributed by atoms with Gasteiger partial charge in [0, 0.05) is 13.1 Å². The maximum Gasteiger partial charge on any atom is 0.265 e. The predicted octanol–water partition coefficient (Wildman–Crippen LogP) is 2.56. The van der Waals surface area contributed by atoms with Crippen LogP contribution in [0.3, 0.4) is 0 Å². The van der Waals surface area contributed by atoms with Crippen LogP contribution in [0, 0.1) is 0 Å². The van der Waals surface area contributed by atoms with E-state index < -0.39 is 20.7 Å². The molecule has 0 saturated carbocycles. The molecule has 26 heavy (non-hydrogen) atoms. The molecule has 1 amide bonds. The molecular weight excluding hydrogens is 356 g/mol. The van der Waals surface area contributed by atoms with E-state index in [0.29, 0.717) is 12.8 Å². The van der Waals surface area contributed by atoms with E-state index in [4.69, 9.17) is 9.94 Å². The number of piperidine rings is 1. The van der Waals surface area contributed by atoms with Gasteiger partial charge in [0.25, 0.3) is 5.91 Å². The minimum Gasteiger partial charge on any atom is -0.490 e. The summed E-state index contributed by atoms with van der Waals surface area (Å²) >= 11 is 0. The van der Waals surface area contributed by atoms with Crippen LogP contribution in [0.1, 0.15) is 47.0 Å². The molecule has 0 bridgehead atoms. The Morgan fingerprint density at radius 2 is 1.73 bits per heavy atom. The molecule has 0 radical (unpaired) electrons. The Balaban J connectivity index is 0.00000105. The lowest BCUT2D eigenvalue weighted by Crippen LogP contribution is -2.55.